The van der Waals surface area contributed by atoms with Crippen molar-refractivity contribution in [2.75, 3.05) is 5.75 Å². The molecule has 2 aliphatic rings. The monoisotopic (exact) mass is 243 g/mol. The average molecular weight is 243 g/mol. The third-order valence-corrected chi connectivity index (χ3v) is 4.90. The van der Waals surface area contributed by atoms with Crippen molar-refractivity contribution in [3.63, 3.8) is 0 Å². The summed E-state index contributed by atoms with van der Waals surface area (Å²) in [4.78, 5) is 0. The predicted octanol–water partition coefficient (Wildman–Crippen LogP) is 2.82. The van der Waals surface area contributed by atoms with Gasteiger partial charge in [-0.3, -0.25) is 0 Å². The van der Waals surface area contributed by atoms with Crippen LogP contribution in [0.5, 0.6) is 0 Å². The van der Waals surface area contributed by atoms with Gasteiger partial charge in [0.15, 0.2) is 0 Å². The fourth-order valence-electron chi connectivity index (χ4n) is 2.60. The van der Waals surface area contributed by atoms with Crippen molar-refractivity contribution in [3.8, 4) is 0 Å². The highest BCUT2D eigenvalue weighted by atomic mass is 32.2. The van der Waals surface area contributed by atoms with Crippen molar-refractivity contribution in [3.05, 3.63) is 0 Å². The maximum absolute atomic E-state index is 5.86. The maximum atomic E-state index is 5.86. The largest absolute Gasteiger partial charge is 0.373 e. The van der Waals surface area contributed by atoms with Crippen LogP contribution in [0.1, 0.15) is 47.0 Å². The van der Waals surface area contributed by atoms with Gasteiger partial charge in [-0.2, -0.15) is 11.8 Å². The Kier molecular flexibility index (Phi) is 3.87. The first-order chi connectivity index (χ1) is 7.44. The molecule has 2 saturated heterocycles. The zero-order valence-electron chi connectivity index (χ0n) is 11.0. The Morgan fingerprint density at radius 1 is 1.38 bits per heavy atom. The molecule has 2 fully saturated rings. The van der Waals surface area contributed by atoms with E-state index in [9.17, 15) is 0 Å². The first-order valence-electron chi connectivity index (χ1n) is 6.49. The molecule has 2 rings (SSSR count). The number of rotatable bonds is 4. The van der Waals surface area contributed by atoms with E-state index < -0.39 is 0 Å². The number of ether oxygens (including phenoxy) is 1. The topological polar surface area (TPSA) is 21.3 Å². The van der Waals surface area contributed by atoms with E-state index in [0.29, 0.717) is 29.0 Å². The lowest BCUT2D eigenvalue weighted by molar-refractivity contribution is 0.0966. The summed E-state index contributed by atoms with van der Waals surface area (Å²) in [6, 6.07) is 1.21. The third kappa shape index (κ3) is 3.38. The van der Waals surface area contributed by atoms with E-state index in [0.717, 1.165) is 0 Å². The van der Waals surface area contributed by atoms with Crippen molar-refractivity contribution >= 4 is 11.8 Å². The van der Waals surface area contributed by atoms with Crippen LogP contribution in [0.25, 0.3) is 0 Å². The Morgan fingerprint density at radius 2 is 2.12 bits per heavy atom. The van der Waals surface area contributed by atoms with Gasteiger partial charge in [0.2, 0.25) is 0 Å². The molecular formula is C13H25NOS. The molecule has 0 amide bonds. The first kappa shape index (κ1) is 12.7. The standard InChI is InChI=1S/C13H25NOS/c1-9(8-16-13(2,3)4)14-11-7-10-5-6-12(11)15-10/h9-12,14H,5-8H2,1-4H3. The highest BCUT2D eigenvalue weighted by Gasteiger charge is 2.40. The molecule has 2 nitrogen and oxygen atoms in total. The fourth-order valence-corrected chi connectivity index (χ4v) is 3.45. The number of fused-ring (bicyclic) bond motifs is 2. The van der Waals surface area contributed by atoms with Gasteiger partial charge in [0.05, 0.1) is 12.2 Å². The lowest BCUT2D eigenvalue weighted by atomic mass is 9.95. The Labute approximate surface area is 104 Å². The minimum absolute atomic E-state index is 0.376. The quantitative estimate of drug-likeness (QED) is 0.820. The van der Waals surface area contributed by atoms with E-state index >= 15 is 0 Å². The summed E-state index contributed by atoms with van der Waals surface area (Å²) < 4.78 is 6.24. The molecule has 4 atom stereocenters. The number of nitrogens with one attached hydrogen (secondary N) is 1. The van der Waals surface area contributed by atoms with E-state index in [4.69, 9.17) is 4.74 Å². The van der Waals surface area contributed by atoms with E-state index in [1.54, 1.807) is 0 Å². The van der Waals surface area contributed by atoms with Crippen LogP contribution in [0.2, 0.25) is 0 Å². The van der Waals surface area contributed by atoms with Gasteiger partial charge in [-0.1, -0.05) is 20.8 Å². The van der Waals surface area contributed by atoms with Crippen LogP contribution in [0, 0.1) is 0 Å². The van der Waals surface area contributed by atoms with Gasteiger partial charge >= 0.3 is 0 Å². The number of hydrogen-bond acceptors (Lipinski definition) is 3. The van der Waals surface area contributed by atoms with E-state index in [1.165, 1.54) is 25.0 Å². The zero-order valence-corrected chi connectivity index (χ0v) is 11.8. The highest BCUT2D eigenvalue weighted by Crippen LogP contribution is 2.34. The maximum Gasteiger partial charge on any atom is 0.0733 e. The van der Waals surface area contributed by atoms with Crippen LogP contribution in [0.4, 0.5) is 0 Å². The van der Waals surface area contributed by atoms with Gasteiger partial charge in [-0.05, 0) is 26.2 Å². The van der Waals surface area contributed by atoms with Crippen molar-refractivity contribution in [2.24, 2.45) is 0 Å². The molecule has 0 aliphatic carbocycles. The normalized spacial score (nSPS) is 35.6. The summed E-state index contributed by atoms with van der Waals surface area (Å²) in [7, 11) is 0. The summed E-state index contributed by atoms with van der Waals surface area (Å²) >= 11 is 2.04. The molecule has 0 aromatic carbocycles. The number of thioether (sulfide) groups is 1. The number of hydrogen-bond donors (Lipinski definition) is 1. The molecule has 0 aromatic rings. The second kappa shape index (κ2) is 4.87. The fraction of sp³-hybridized carbons (Fsp3) is 1.00. The molecular weight excluding hydrogens is 218 g/mol. The molecule has 0 spiro atoms. The molecule has 3 heteroatoms. The van der Waals surface area contributed by atoms with Crippen LogP contribution in [-0.2, 0) is 4.74 Å². The SMILES string of the molecule is CC(CSC(C)(C)C)NC1CC2CCC1O2. The molecule has 0 aromatic heterocycles. The molecule has 94 valence electrons. The molecule has 0 radical (unpaired) electrons. The zero-order chi connectivity index (χ0) is 11.8. The molecule has 2 bridgehead atoms. The van der Waals surface area contributed by atoms with Gasteiger partial charge in [0.1, 0.15) is 0 Å². The summed E-state index contributed by atoms with van der Waals surface area (Å²) in [6.07, 6.45) is 4.85. The molecule has 4 unspecified atom stereocenters. The van der Waals surface area contributed by atoms with Crippen LogP contribution in [0.15, 0.2) is 0 Å². The second-order valence-electron chi connectivity index (χ2n) is 6.21. The Balaban J connectivity index is 1.69. The van der Waals surface area contributed by atoms with Crippen LogP contribution in [-0.4, -0.2) is 34.8 Å². The van der Waals surface area contributed by atoms with Crippen LogP contribution >= 0.6 is 11.8 Å². The minimum atomic E-state index is 0.376. The summed E-state index contributed by atoms with van der Waals surface area (Å²) in [5.74, 6) is 1.19. The smallest absolute Gasteiger partial charge is 0.0733 e. The highest BCUT2D eigenvalue weighted by molar-refractivity contribution is 8.00. The summed E-state index contributed by atoms with van der Waals surface area (Å²) in [5.41, 5.74) is 0. The minimum Gasteiger partial charge on any atom is -0.373 e. The lowest BCUT2D eigenvalue weighted by Crippen LogP contribution is -2.44. The molecule has 2 aliphatic heterocycles. The van der Waals surface area contributed by atoms with Crippen molar-refractivity contribution in [1.82, 2.24) is 5.32 Å². The van der Waals surface area contributed by atoms with Gasteiger partial charge in [0.25, 0.3) is 0 Å². The van der Waals surface area contributed by atoms with Crippen molar-refractivity contribution in [1.29, 1.82) is 0 Å². The van der Waals surface area contributed by atoms with Gasteiger partial charge in [0, 0.05) is 22.6 Å². The van der Waals surface area contributed by atoms with Crippen LogP contribution < -0.4 is 5.32 Å². The third-order valence-electron chi connectivity index (χ3n) is 3.37. The summed E-state index contributed by atoms with van der Waals surface area (Å²) in [5, 5.41) is 3.74. The Morgan fingerprint density at radius 3 is 2.62 bits per heavy atom. The van der Waals surface area contributed by atoms with Gasteiger partial charge < -0.3 is 10.1 Å². The Bertz CT molecular complexity index is 239. The van der Waals surface area contributed by atoms with Gasteiger partial charge in [-0.15, -0.1) is 0 Å². The molecule has 1 N–H and O–H groups in total. The first-order valence-corrected chi connectivity index (χ1v) is 7.48. The molecule has 2 heterocycles. The Hall–Kier alpha value is 0.270. The molecule has 16 heavy (non-hydrogen) atoms. The lowest BCUT2D eigenvalue weighted by Gasteiger charge is -2.26. The second-order valence-corrected chi connectivity index (χ2v) is 8.05. The predicted molar refractivity (Wildman–Crippen MR) is 71.1 cm³/mol. The molecule has 0 saturated carbocycles. The van der Waals surface area contributed by atoms with E-state index in [1.807, 2.05) is 11.8 Å². The van der Waals surface area contributed by atoms with Crippen LogP contribution in [0.3, 0.4) is 0 Å². The van der Waals surface area contributed by atoms with Crippen molar-refractivity contribution < 1.29 is 4.74 Å². The van der Waals surface area contributed by atoms with E-state index in [2.05, 4.69) is 33.0 Å². The van der Waals surface area contributed by atoms with E-state index in [-0.39, 0.29) is 0 Å². The van der Waals surface area contributed by atoms with Gasteiger partial charge in [-0.25, -0.2) is 0 Å². The average Bonchev–Trinajstić information content (AvgIpc) is 2.75. The summed E-state index contributed by atoms with van der Waals surface area (Å²) in [6.45, 7) is 9.14. The van der Waals surface area contributed by atoms with Crippen molar-refractivity contribution in [2.45, 2.75) is 76.0 Å².